The van der Waals surface area contributed by atoms with Crippen LogP contribution in [-0.4, -0.2) is 23.3 Å². The fourth-order valence-electron chi connectivity index (χ4n) is 1.07. The third-order valence-electron chi connectivity index (χ3n) is 1.88. The minimum atomic E-state index is 0.881. The van der Waals surface area contributed by atoms with Crippen molar-refractivity contribution in [3.05, 3.63) is 42.0 Å². The van der Waals surface area contributed by atoms with Gasteiger partial charge in [0.25, 0.3) is 0 Å². The second-order valence-corrected chi connectivity index (χ2v) is 4.96. The van der Waals surface area contributed by atoms with Crippen LogP contribution in [0, 0.1) is 0 Å². The van der Waals surface area contributed by atoms with Crippen LogP contribution in [0.4, 0.5) is 0 Å². The highest BCUT2D eigenvalue weighted by molar-refractivity contribution is 8.29. The summed E-state index contributed by atoms with van der Waals surface area (Å²) in [7, 11) is 3.93. The molecule has 0 spiro atoms. The minimum absolute atomic E-state index is 0.881. The van der Waals surface area contributed by atoms with Crippen LogP contribution in [0.3, 0.4) is 0 Å². The zero-order valence-corrected chi connectivity index (χ0v) is 10.9. The summed E-state index contributed by atoms with van der Waals surface area (Å²) in [6, 6.07) is 10.3. The maximum atomic E-state index is 5.27. The van der Waals surface area contributed by atoms with Gasteiger partial charge in [-0.15, -0.1) is 0 Å². The van der Waals surface area contributed by atoms with Crippen LogP contribution in [0.5, 0.6) is 0 Å². The zero-order valence-electron chi connectivity index (χ0n) is 9.23. The predicted octanol–water partition coefficient (Wildman–Crippen LogP) is 3.63. The Morgan fingerprint density at radius 3 is 2.33 bits per heavy atom. The molecule has 0 saturated carbocycles. The van der Waals surface area contributed by atoms with Gasteiger partial charge in [0, 0.05) is 19.0 Å². The van der Waals surface area contributed by atoms with Crippen LogP contribution in [0.15, 0.2) is 36.4 Å². The van der Waals surface area contributed by atoms with E-state index in [-0.39, 0.29) is 0 Å². The maximum Gasteiger partial charge on any atom is 0.140 e. The Hall–Kier alpha value is -0.800. The lowest BCUT2D eigenvalue weighted by molar-refractivity contribution is 0.648. The van der Waals surface area contributed by atoms with Gasteiger partial charge in [0.05, 0.1) is 0 Å². The van der Waals surface area contributed by atoms with Gasteiger partial charge in [-0.05, 0) is 12.5 Å². The minimum Gasteiger partial charge on any atom is -0.363 e. The molecule has 3 heteroatoms. The van der Waals surface area contributed by atoms with E-state index in [9.17, 15) is 0 Å². The first-order valence-electron chi connectivity index (χ1n) is 4.76. The lowest BCUT2D eigenvalue weighted by atomic mass is 10.2. The molecule has 1 aromatic carbocycles. The van der Waals surface area contributed by atoms with E-state index in [2.05, 4.69) is 18.2 Å². The number of rotatable bonds is 2. The number of hydrogen-bond acceptors (Lipinski definition) is 2. The SMILES string of the molecule is C/C=C(\SC(=S)N(C)C)c1ccccc1. The summed E-state index contributed by atoms with van der Waals surface area (Å²) in [5.74, 6) is 0. The highest BCUT2D eigenvalue weighted by atomic mass is 32.2. The number of thiocarbonyl (C=S) groups is 1. The van der Waals surface area contributed by atoms with E-state index in [1.54, 1.807) is 11.8 Å². The molecule has 0 radical (unpaired) electrons. The third kappa shape index (κ3) is 3.68. The van der Waals surface area contributed by atoms with Crippen molar-refractivity contribution in [3.63, 3.8) is 0 Å². The Balaban J connectivity index is 2.79. The van der Waals surface area contributed by atoms with Gasteiger partial charge in [-0.3, -0.25) is 0 Å². The molecule has 15 heavy (non-hydrogen) atoms. The van der Waals surface area contributed by atoms with E-state index in [0.29, 0.717) is 0 Å². The molecular weight excluding hydrogens is 222 g/mol. The molecule has 0 fully saturated rings. The van der Waals surface area contributed by atoms with Crippen LogP contribution in [-0.2, 0) is 0 Å². The zero-order chi connectivity index (χ0) is 11.3. The average Bonchev–Trinajstić information content (AvgIpc) is 2.26. The third-order valence-corrected chi connectivity index (χ3v) is 3.73. The molecule has 0 bridgehead atoms. The monoisotopic (exact) mass is 237 g/mol. The second kappa shape index (κ2) is 5.93. The van der Waals surface area contributed by atoms with Gasteiger partial charge >= 0.3 is 0 Å². The van der Waals surface area contributed by atoms with Crippen LogP contribution >= 0.6 is 24.0 Å². The molecule has 1 aromatic rings. The first-order chi connectivity index (χ1) is 7.15. The lowest BCUT2D eigenvalue weighted by Gasteiger charge is -2.14. The van der Waals surface area contributed by atoms with Crippen molar-refractivity contribution in [2.24, 2.45) is 0 Å². The van der Waals surface area contributed by atoms with Crippen molar-refractivity contribution in [1.82, 2.24) is 4.90 Å². The van der Waals surface area contributed by atoms with Gasteiger partial charge in [-0.2, -0.15) is 0 Å². The first kappa shape index (κ1) is 12.3. The molecule has 0 heterocycles. The second-order valence-electron chi connectivity index (χ2n) is 3.28. The Morgan fingerprint density at radius 1 is 1.27 bits per heavy atom. The summed E-state index contributed by atoms with van der Waals surface area (Å²) in [5, 5.41) is 0. The van der Waals surface area contributed by atoms with Crippen LogP contribution in [0.2, 0.25) is 0 Å². The largest absolute Gasteiger partial charge is 0.363 e. The van der Waals surface area contributed by atoms with Gasteiger partial charge in [0.2, 0.25) is 0 Å². The van der Waals surface area contributed by atoms with Crippen LogP contribution < -0.4 is 0 Å². The van der Waals surface area contributed by atoms with Gasteiger partial charge < -0.3 is 4.90 Å². The van der Waals surface area contributed by atoms with Gasteiger partial charge in [0.1, 0.15) is 4.32 Å². The van der Waals surface area contributed by atoms with E-state index in [1.807, 2.05) is 44.1 Å². The molecule has 0 amide bonds. The molecule has 1 rings (SSSR count). The Bertz CT molecular complexity index is 355. The van der Waals surface area contributed by atoms with Crippen molar-refractivity contribution in [1.29, 1.82) is 0 Å². The van der Waals surface area contributed by atoms with Crippen molar-refractivity contribution in [2.45, 2.75) is 6.92 Å². The standard InChI is InChI=1S/C12H15NS2/c1-4-11(15-12(14)13(2)3)10-8-6-5-7-9-10/h4-9H,1-3H3/b11-4-. The van der Waals surface area contributed by atoms with Gasteiger partial charge in [-0.25, -0.2) is 0 Å². The summed E-state index contributed by atoms with van der Waals surface area (Å²) in [6.45, 7) is 2.04. The quantitative estimate of drug-likeness (QED) is 0.723. The van der Waals surface area contributed by atoms with E-state index < -0.39 is 0 Å². The summed E-state index contributed by atoms with van der Waals surface area (Å²) >= 11 is 6.89. The first-order valence-corrected chi connectivity index (χ1v) is 5.98. The number of thioether (sulfide) groups is 1. The van der Waals surface area contributed by atoms with E-state index >= 15 is 0 Å². The number of nitrogens with zero attached hydrogens (tertiary/aromatic N) is 1. The number of allylic oxidation sites excluding steroid dienone is 1. The Morgan fingerprint density at radius 2 is 1.87 bits per heavy atom. The molecule has 0 saturated heterocycles. The van der Waals surface area contributed by atoms with Crippen LogP contribution in [0.25, 0.3) is 4.91 Å². The molecule has 0 atom stereocenters. The highest BCUT2D eigenvalue weighted by Crippen LogP contribution is 2.28. The lowest BCUT2D eigenvalue weighted by Crippen LogP contribution is -2.15. The van der Waals surface area contributed by atoms with E-state index in [1.165, 1.54) is 10.5 Å². The van der Waals surface area contributed by atoms with Crippen molar-refractivity contribution >= 4 is 33.2 Å². The molecule has 0 aliphatic rings. The number of benzene rings is 1. The number of hydrogen-bond donors (Lipinski definition) is 0. The molecule has 0 N–H and O–H groups in total. The summed E-state index contributed by atoms with van der Waals surface area (Å²) < 4.78 is 0.881. The molecule has 0 aromatic heterocycles. The average molecular weight is 237 g/mol. The van der Waals surface area contributed by atoms with Crippen molar-refractivity contribution in [3.8, 4) is 0 Å². The Labute approximate surface area is 101 Å². The summed E-state index contributed by atoms with van der Waals surface area (Å²) in [6.07, 6.45) is 2.09. The molecular formula is C12H15NS2. The summed E-state index contributed by atoms with van der Waals surface area (Å²) in [4.78, 5) is 3.15. The normalized spacial score (nSPS) is 11.3. The van der Waals surface area contributed by atoms with Crippen molar-refractivity contribution in [2.75, 3.05) is 14.1 Å². The fraction of sp³-hybridized carbons (Fsp3) is 0.250. The van der Waals surface area contributed by atoms with Gasteiger partial charge in [-0.1, -0.05) is 60.4 Å². The van der Waals surface area contributed by atoms with E-state index in [0.717, 1.165) is 4.32 Å². The predicted molar refractivity (Wildman–Crippen MR) is 74.0 cm³/mol. The maximum absolute atomic E-state index is 5.27. The smallest absolute Gasteiger partial charge is 0.140 e. The Kier molecular flexibility index (Phi) is 4.85. The fourth-order valence-corrected chi connectivity index (χ4v) is 2.08. The summed E-state index contributed by atoms with van der Waals surface area (Å²) in [5.41, 5.74) is 1.22. The molecule has 0 aliphatic carbocycles. The van der Waals surface area contributed by atoms with E-state index in [4.69, 9.17) is 12.2 Å². The van der Waals surface area contributed by atoms with Crippen LogP contribution in [0.1, 0.15) is 12.5 Å². The highest BCUT2D eigenvalue weighted by Gasteiger charge is 2.06. The van der Waals surface area contributed by atoms with Gasteiger partial charge in [0.15, 0.2) is 0 Å². The molecule has 0 unspecified atom stereocenters. The topological polar surface area (TPSA) is 3.24 Å². The molecule has 80 valence electrons. The van der Waals surface area contributed by atoms with Crippen molar-refractivity contribution < 1.29 is 0 Å². The molecule has 0 aliphatic heterocycles. The molecule has 1 nitrogen and oxygen atoms in total.